The van der Waals surface area contributed by atoms with Crippen LogP contribution in [0, 0.1) is 0 Å². The molecule has 0 aliphatic heterocycles. The van der Waals surface area contributed by atoms with E-state index in [1.807, 2.05) is 21.1 Å². The minimum atomic E-state index is -1.63. The van der Waals surface area contributed by atoms with E-state index in [4.69, 9.17) is 18.9 Å². The van der Waals surface area contributed by atoms with Gasteiger partial charge in [0.25, 0.3) is 0 Å². The van der Waals surface area contributed by atoms with Gasteiger partial charge in [0.1, 0.15) is 13.2 Å². The molecule has 0 rings (SSSR count). The monoisotopic (exact) mass is 1300 g/mol. The second kappa shape index (κ2) is 73.5. The molecule has 0 amide bonds. The van der Waals surface area contributed by atoms with Crippen LogP contribution in [0.15, 0.2) is 122 Å². The third kappa shape index (κ3) is 74.9. The molecule has 534 valence electrons. The van der Waals surface area contributed by atoms with Crippen molar-refractivity contribution in [1.82, 2.24) is 0 Å². The van der Waals surface area contributed by atoms with Gasteiger partial charge in [0.05, 0.1) is 40.3 Å². The predicted molar refractivity (Wildman–Crippen MR) is 398 cm³/mol. The molecule has 0 aliphatic rings. The molecule has 0 saturated heterocycles. The van der Waals surface area contributed by atoms with E-state index in [9.17, 15) is 19.5 Å². The van der Waals surface area contributed by atoms with Gasteiger partial charge in [-0.3, -0.25) is 9.59 Å². The molecule has 0 aliphatic carbocycles. The highest BCUT2D eigenvalue weighted by atomic mass is 16.7. The Labute approximate surface area is 574 Å². The Kier molecular flexibility index (Phi) is 70.1. The summed E-state index contributed by atoms with van der Waals surface area (Å²) in [6, 6.07) is 0. The third-order valence-electron chi connectivity index (χ3n) is 16.7. The lowest BCUT2D eigenvalue weighted by Gasteiger charge is -2.26. The van der Waals surface area contributed by atoms with Gasteiger partial charge in [-0.15, -0.1) is 0 Å². The van der Waals surface area contributed by atoms with Crippen molar-refractivity contribution < 1.29 is 42.9 Å². The lowest BCUT2D eigenvalue weighted by Crippen LogP contribution is -2.44. The molecule has 0 saturated carbocycles. The van der Waals surface area contributed by atoms with Gasteiger partial charge < -0.3 is 33.3 Å². The van der Waals surface area contributed by atoms with Crippen LogP contribution in [0.25, 0.3) is 0 Å². The summed E-state index contributed by atoms with van der Waals surface area (Å²) in [7, 11) is 5.94. The summed E-state index contributed by atoms with van der Waals surface area (Å²) >= 11 is 0. The quantitative estimate of drug-likeness (QED) is 0.0195. The summed E-state index contributed by atoms with van der Waals surface area (Å²) in [6.45, 7) is 4.65. The van der Waals surface area contributed by atoms with E-state index < -0.39 is 24.3 Å². The SMILES string of the molecule is CC/C=C\C/C=C\C/C=C\C/C=C\C/C=C\C/C=C\C/C=C\CCCCCCCCCCCCCCCCCCCCCC(=O)OC(COC(=O)CCCCCCCCCCCCCC/C=C\C/C=C\C/C=C\CCCCCCC)COC(OCC[N+](C)(C)C)C(=O)[O-]. The number of carboxylic acid groups (broad SMARTS) is 1. The number of hydrogen-bond acceptors (Lipinski definition) is 8. The molecule has 0 aromatic rings. The maximum absolute atomic E-state index is 13.0. The van der Waals surface area contributed by atoms with Crippen molar-refractivity contribution in [2.24, 2.45) is 0 Å². The van der Waals surface area contributed by atoms with Gasteiger partial charge in [0, 0.05) is 12.8 Å². The van der Waals surface area contributed by atoms with Crippen LogP contribution in [0.4, 0.5) is 0 Å². The summed E-state index contributed by atoms with van der Waals surface area (Å²) in [5.74, 6) is -2.27. The van der Waals surface area contributed by atoms with Crippen LogP contribution in [0.3, 0.4) is 0 Å². The smallest absolute Gasteiger partial charge is 0.306 e. The number of rotatable bonds is 71. The van der Waals surface area contributed by atoms with Crippen LogP contribution in [0.2, 0.25) is 0 Å². The number of likely N-dealkylation sites (N-methyl/N-ethyl adjacent to an activating group) is 1. The van der Waals surface area contributed by atoms with Gasteiger partial charge in [-0.05, 0) is 109 Å². The second-order valence-corrected chi connectivity index (χ2v) is 26.9. The number of ether oxygens (including phenoxy) is 4. The fraction of sp³-hybridized carbons (Fsp3) is 0.726. The van der Waals surface area contributed by atoms with E-state index in [0.717, 1.165) is 89.9 Å². The van der Waals surface area contributed by atoms with Crippen LogP contribution in [0.1, 0.15) is 335 Å². The number of allylic oxidation sites excluding steroid dienone is 20. The minimum Gasteiger partial charge on any atom is -0.545 e. The van der Waals surface area contributed by atoms with Crippen molar-refractivity contribution in [3.8, 4) is 0 Å². The number of aliphatic carboxylic acids is 1. The molecule has 9 heteroatoms. The topological polar surface area (TPSA) is 111 Å². The zero-order valence-electron chi connectivity index (χ0n) is 61.1. The Hall–Kier alpha value is -4.31. The van der Waals surface area contributed by atoms with Crippen LogP contribution in [0.5, 0.6) is 0 Å². The first-order chi connectivity index (χ1) is 45.6. The number of unbranched alkanes of at least 4 members (excludes halogenated alkanes) is 36. The molecule has 0 aromatic carbocycles. The van der Waals surface area contributed by atoms with Crippen LogP contribution >= 0.6 is 0 Å². The molecule has 0 aromatic heterocycles. The lowest BCUT2D eigenvalue weighted by molar-refractivity contribution is -0.870. The largest absolute Gasteiger partial charge is 0.545 e. The molecule has 0 fully saturated rings. The summed E-state index contributed by atoms with van der Waals surface area (Å²) in [5.41, 5.74) is 0. The fourth-order valence-electron chi connectivity index (χ4n) is 10.8. The highest BCUT2D eigenvalue weighted by Crippen LogP contribution is 2.18. The first kappa shape index (κ1) is 88.7. The van der Waals surface area contributed by atoms with Gasteiger partial charge in [0.15, 0.2) is 12.4 Å². The summed E-state index contributed by atoms with van der Waals surface area (Å²) in [4.78, 5) is 37.6. The average Bonchev–Trinajstić information content (AvgIpc) is 3.38. The van der Waals surface area contributed by atoms with Crippen molar-refractivity contribution >= 4 is 17.9 Å². The van der Waals surface area contributed by atoms with E-state index in [-0.39, 0.29) is 38.6 Å². The molecule has 9 nitrogen and oxygen atoms in total. The third-order valence-corrected chi connectivity index (χ3v) is 16.7. The number of carbonyl (C=O) groups is 3. The minimum absolute atomic E-state index is 0.145. The highest BCUT2D eigenvalue weighted by Gasteiger charge is 2.22. The molecule has 93 heavy (non-hydrogen) atoms. The normalized spacial score (nSPS) is 13.3. The number of hydrogen-bond donors (Lipinski definition) is 0. The van der Waals surface area contributed by atoms with Gasteiger partial charge in [-0.1, -0.05) is 334 Å². The van der Waals surface area contributed by atoms with E-state index in [1.54, 1.807) is 0 Å². The maximum Gasteiger partial charge on any atom is 0.306 e. The van der Waals surface area contributed by atoms with E-state index in [2.05, 4.69) is 135 Å². The van der Waals surface area contributed by atoms with Gasteiger partial charge in [-0.2, -0.15) is 0 Å². The first-order valence-electron chi connectivity index (χ1n) is 38.7. The first-order valence-corrected chi connectivity index (χ1v) is 38.7. The molecule has 0 radical (unpaired) electrons. The zero-order chi connectivity index (χ0) is 67.5. The Bertz CT molecular complexity index is 1950. The van der Waals surface area contributed by atoms with Crippen LogP contribution < -0.4 is 5.11 Å². The number of nitrogens with zero attached hydrogens (tertiary/aromatic N) is 1. The number of carboxylic acids is 1. The number of carbonyl (C=O) groups excluding carboxylic acids is 3. The molecule has 2 atom stereocenters. The lowest BCUT2D eigenvalue weighted by atomic mass is 10.0. The van der Waals surface area contributed by atoms with Crippen LogP contribution in [-0.4, -0.2) is 82.3 Å². The molecular weight excluding hydrogens is 1150 g/mol. The Morgan fingerprint density at radius 2 is 0.613 bits per heavy atom. The molecule has 0 N–H and O–H groups in total. The Morgan fingerprint density at radius 1 is 0.333 bits per heavy atom. The van der Waals surface area contributed by atoms with Gasteiger partial charge >= 0.3 is 11.9 Å². The van der Waals surface area contributed by atoms with Crippen LogP contribution in [-0.2, 0) is 33.3 Å². The molecule has 0 heterocycles. The van der Waals surface area contributed by atoms with Gasteiger partial charge in [-0.25, -0.2) is 0 Å². The standard InChI is InChI=1S/C84H145NO8/c1-6-8-10-12-14-16-18-20-22-24-26-28-30-32-34-35-36-37-38-39-40-41-42-43-44-45-46-47-49-51-53-55-57-59-61-63-65-67-69-71-73-75-82(87)93-80(79-92-84(83(88)89)90-77-76-85(3,4)5)78-91-81(86)74-72-70-68-66-64-62-60-58-56-54-52-50-48-33-31-29-27-25-23-21-19-17-15-13-11-9-7-2/h8,10,14,16,19-22,25-28,31-34,36-37,39-40,80,84H,6-7,9,11-13,15,17-18,23-24,29-30,35,38,41-79H2,1-5H3/b10-8-,16-14-,21-19-,22-20-,27-25-,28-26-,33-31-,34-32-,37-36-,40-39-. The molecule has 0 spiro atoms. The van der Waals surface area contributed by atoms with Crippen molar-refractivity contribution in [2.45, 2.75) is 347 Å². The van der Waals surface area contributed by atoms with Crippen molar-refractivity contribution in [1.29, 1.82) is 0 Å². The Morgan fingerprint density at radius 3 is 0.914 bits per heavy atom. The number of esters is 2. The van der Waals surface area contributed by atoms with E-state index in [0.29, 0.717) is 17.4 Å². The maximum atomic E-state index is 13.0. The number of quaternary nitrogens is 1. The zero-order valence-corrected chi connectivity index (χ0v) is 61.1. The van der Waals surface area contributed by atoms with Crippen molar-refractivity contribution in [2.75, 3.05) is 47.5 Å². The summed E-state index contributed by atoms with van der Waals surface area (Å²) in [5, 5.41) is 11.9. The summed E-state index contributed by atoms with van der Waals surface area (Å²) in [6.07, 6.45) is 102. The molecule has 0 bridgehead atoms. The molecule has 2 unspecified atom stereocenters. The molecular formula is C84H145NO8. The predicted octanol–water partition coefficient (Wildman–Crippen LogP) is 23.4. The Balaban J connectivity index is 4.03. The van der Waals surface area contributed by atoms with E-state index >= 15 is 0 Å². The van der Waals surface area contributed by atoms with E-state index in [1.165, 1.54) is 212 Å². The second-order valence-electron chi connectivity index (χ2n) is 26.9. The highest BCUT2D eigenvalue weighted by molar-refractivity contribution is 5.70. The van der Waals surface area contributed by atoms with Crippen molar-refractivity contribution in [3.63, 3.8) is 0 Å². The fourth-order valence-corrected chi connectivity index (χ4v) is 10.8. The summed E-state index contributed by atoms with van der Waals surface area (Å²) < 4.78 is 22.8. The van der Waals surface area contributed by atoms with Gasteiger partial charge in [0.2, 0.25) is 0 Å². The van der Waals surface area contributed by atoms with Crippen molar-refractivity contribution in [3.05, 3.63) is 122 Å². The average molecular weight is 1300 g/mol.